The third-order valence-electron chi connectivity index (χ3n) is 7.38. The normalized spacial score (nSPS) is 21.4. The van der Waals surface area contributed by atoms with Crippen molar-refractivity contribution >= 4 is 11.8 Å². The standard InChI is InChI=1S/C24H31F6N3O3/c1-17-13-18(15-19(14-17)31-9-11-35-12-10-31)16-33-6-2-3-22(33)4-7-32(8-5-22)21(34)36-20(23(25,26)27)24(28,29)30/h13-15,20H,2-12,16H2,1H3. The second kappa shape index (κ2) is 10.3. The lowest BCUT2D eigenvalue weighted by molar-refractivity contribution is -0.308. The summed E-state index contributed by atoms with van der Waals surface area (Å²) in [6.07, 6.45) is -14.4. The van der Waals surface area contributed by atoms with Gasteiger partial charge in [-0.2, -0.15) is 26.3 Å². The van der Waals surface area contributed by atoms with Crippen molar-refractivity contribution in [3.8, 4) is 0 Å². The summed E-state index contributed by atoms with van der Waals surface area (Å²) in [5, 5.41) is 0. The lowest BCUT2D eigenvalue weighted by Crippen LogP contribution is -2.54. The Bertz CT molecular complexity index is 911. The molecule has 1 spiro atoms. The Morgan fingerprint density at radius 2 is 1.61 bits per heavy atom. The van der Waals surface area contributed by atoms with Crippen LogP contribution in [0.4, 0.5) is 36.8 Å². The Kier molecular flexibility index (Phi) is 7.66. The van der Waals surface area contributed by atoms with Crippen molar-refractivity contribution in [3.63, 3.8) is 0 Å². The quantitative estimate of drug-likeness (QED) is 0.526. The van der Waals surface area contributed by atoms with Crippen molar-refractivity contribution in [3.05, 3.63) is 29.3 Å². The second-order valence-corrected chi connectivity index (χ2v) is 9.86. The minimum absolute atomic E-state index is 0.0462. The fourth-order valence-corrected chi connectivity index (χ4v) is 5.56. The summed E-state index contributed by atoms with van der Waals surface area (Å²) in [6, 6.07) is 6.45. The van der Waals surface area contributed by atoms with Crippen molar-refractivity contribution < 1.29 is 40.6 Å². The molecule has 1 aromatic rings. The third-order valence-corrected chi connectivity index (χ3v) is 7.38. The van der Waals surface area contributed by atoms with Crippen LogP contribution in [0.2, 0.25) is 0 Å². The highest BCUT2D eigenvalue weighted by Crippen LogP contribution is 2.41. The van der Waals surface area contributed by atoms with Gasteiger partial charge in [0.2, 0.25) is 0 Å². The molecule has 0 bridgehead atoms. The molecule has 0 aromatic heterocycles. The number of rotatable bonds is 4. The summed E-state index contributed by atoms with van der Waals surface area (Å²) in [5.74, 6) is 0. The number of benzene rings is 1. The molecule has 0 unspecified atom stereocenters. The zero-order valence-corrected chi connectivity index (χ0v) is 20.1. The van der Waals surface area contributed by atoms with Gasteiger partial charge in [0.25, 0.3) is 6.10 Å². The van der Waals surface area contributed by atoms with E-state index in [1.54, 1.807) is 0 Å². The molecule has 3 heterocycles. The number of morpholine rings is 1. The molecule has 12 heteroatoms. The average Bonchev–Trinajstić information content (AvgIpc) is 3.17. The van der Waals surface area contributed by atoms with E-state index in [0.717, 1.165) is 54.2 Å². The van der Waals surface area contributed by atoms with Crippen LogP contribution in [0.25, 0.3) is 0 Å². The summed E-state index contributed by atoms with van der Waals surface area (Å²) in [5.41, 5.74) is 3.19. The van der Waals surface area contributed by atoms with Gasteiger partial charge in [-0.15, -0.1) is 0 Å². The minimum atomic E-state index is -5.72. The molecule has 6 nitrogen and oxygen atoms in total. The average molecular weight is 524 g/mol. The van der Waals surface area contributed by atoms with Gasteiger partial charge in [0.05, 0.1) is 13.2 Å². The largest absolute Gasteiger partial charge is 0.434 e. The molecule has 1 aromatic carbocycles. The van der Waals surface area contributed by atoms with Crippen LogP contribution < -0.4 is 4.90 Å². The molecule has 3 aliphatic rings. The van der Waals surface area contributed by atoms with Gasteiger partial charge in [-0.25, -0.2) is 4.79 Å². The van der Waals surface area contributed by atoms with E-state index in [0.29, 0.717) is 32.6 Å². The first-order chi connectivity index (χ1) is 16.9. The molecule has 0 atom stereocenters. The van der Waals surface area contributed by atoms with Crippen LogP contribution in [-0.4, -0.2) is 85.8 Å². The van der Waals surface area contributed by atoms with Gasteiger partial charge in [0.1, 0.15) is 0 Å². The van der Waals surface area contributed by atoms with Crippen LogP contribution in [0.1, 0.15) is 36.8 Å². The highest BCUT2D eigenvalue weighted by molar-refractivity contribution is 5.68. The van der Waals surface area contributed by atoms with Crippen molar-refractivity contribution in [1.29, 1.82) is 0 Å². The maximum atomic E-state index is 12.8. The number of piperidine rings is 1. The molecule has 0 N–H and O–H groups in total. The maximum Gasteiger partial charge on any atom is 0.434 e. The van der Waals surface area contributed by atoms with Gasteiger partial charge in [-0.05, 0) is 62.4 Å². The first-order valence-corrected chi connectivity index (χ1v) is 12.1. The first-order valence-electron chi connectivity index (χ1n) is 12.1. The summed E-state index contributed by atoms with van der Waals surface area (Å²) in [7, 11) is 0. The van der Waals surface area contributed by atoms with Gasteiger partial charge in [0.15, 0.2) is 0 Å². The van der Waals surface area contributed by atoms with Crippen molar-refractivity contribution in [1.82, 2.24) is 9.80 Å². The number of amides is 1. The highest BCUT2D eigenvalue weighted by Gasteiger charge is 2.60. The number of hydrogen-bond acceptors (Lipinski definition) is 5. The summed E-state index contributed by atoms with van der Waals surface area (Å²) in [6.45, 7) is 6.69. The predicted molar refractivity (Wildman–Crippen MR) is 120 cm³/mol. The van der Waals surface area contributed by atoms with E-state index in [1.165, 1.54) is 0 Å². The number of anilines is 1. The molecular weight excluding hydrogens is 492 g/mol. The Morgan fingerprint density at radius 1 is 0.972 bits per heavy atom. The number of ether oxygens (including phenoxy) is 2. The number of halogens is 6. The van der Waals surface area contributed by atoms with Gasteiger partial charge in [0, 0.05) is 44.0 Å². The van der Waals surface area contributed by atoms with Crippen molar-refractivity contribution in [2.75, 3.05) is 50.8 Å². The zero-order valence-electron chi connectivity index (χ0n) is 20.1. The highest BCUT2D eigenvalue weighted by atomic mass is 19.4. The molecule has 36 heavy (non-hydrogen) atoms. The fraction of sp³-hybridized carbons (Fsp3) is 0.708. The molecule has 3 saturated heterocycles. The molecule has 202 valence electrons. The lowest BCUT2D eigenvalue weighted by Gasteiger charge is -2.45. The van der Waals surface area contributed by atoms with Crippen molar-refractivity contribution in [2.24, 2.45) is 0 Å². The summed E-state index contributed by atoms with van der Waals surface area (Å²) < 4.78 is 86.1. The number of carbonyl (C=O) groups is 1. The minimum Gasteiger partial charge on any atom is -0.426 e. The molecule has 0 aliphatic carbocycles. The Hall–Kier alpha value is -2.21. The van der Waals surface area contributed by atoms with E-state index in [4.69, 9.17) is 4.74 Å². The Balaban J connectivity index is 1.40. The van der Waals surface area contributed by atoms with E-state index < -0.39 is 24.5 Å². The SMILES string of the molecule is Cc1cc(CN2CCCC23CCN(C(=O)OC(C(F)(F)F)C(F)(F)F)CC3)cc(N2CCOCC2)c1. The van der Waals surface area contributed by atoms with Crippen LogP contribution in [-0.2, 0) is 16.0 Å². The maximum absolute atomic E-state index is 12.8. The van der Waals surface area contributed by atoms with Gasteiger partial charge < -0.3 is 19.3 Å². The number of likely N-dealkylation sites (tertiary alicyclic amines) is 2. The number of nitrogens with zero attached hydrogens (tertiary/aromatic N) is 3. The van der Waals surface area contributed by atoms with Gasteiger partial charge in [-0.3, -0.25) is 4.90 Å². The number of hydrogen-bond donors (Lipinski definition) is 0. The van der Waals surface area contributed by atoms with E-state index in [1.807, 2.05) is 6.92 Å². The summed E-state index contributed by atoms with van der Waals surface area (Å²) >= 11 is 0. The lowest BCUT2D eigenvalue weighted by atomic mass is 9.85. The van der Waals surface area contributed by atoms with E-state index in [2.05, 4.69) is 32.7 Å². The molecule has 0 radical (unpaired) electrons. The smallest absolute Gasteiger partial charge is 0.426 e. The molecular formula is C24H31F6N3O3. The van der Waals surface area contributed by atoms with Crippen LogP contribution in [0.15, 0.2) is 18.2 Å². The van der Waals surface area contributed by atoms with E-state index in [-0.39, 0.29) is 18.6 Å². The third kappa shape index (κ3) is 6.01. The van der Waals surface area contributed by atoms with Gasteiger partial charge in [-0.1, -0.05) is 6.07 Å². The Morgan fingerprint density at radius 3 is 2.22 bits per heavy atom. The molecule has 3 aliphatic heterocycles. The van der Waals surface area contributed by atoms with E-state index in [9.17, 15) is 31.1 Å². The second-order valence-electron chi connectivity index (χ2n) is 9.86. The zero-order chi connectivity index (χ0) is 26.1. The van der Waals surface area contributed by atoms with Crippen LogP contribution >= 0.6 is 0 Å². The van der Waals surface area contributed by atoms with Crippen LogP contribution in [0.3, 0.4) is 0 Å². The molecule has 0 saturated carbocycles. The number of aryl methyl sites for hydroxylation is 1. The predicted octanol–water partition coefficient (Wildman–Crippen LogP) is 4.89. The number of alkyl halides is 6. The monoisotopic (exact) mass is 523 g/mol. The Labute approximate surface area is 206 Å². The van der Waals surface area contributed by atoms with E-state index >= 15 is 0 Å². The number of carbonyl (C=O) groups excluding carboxylic acids is 1. The van der Waals surface area contributed by atoms with Crippen molar-refractivity contribution in [2.45, 2.75) is 63.1 Å². The van der Waals surface area contributed by atoms with Crippen LogP contribution in [0.5, 0.6) is 0 Å². The first kappa shape index (κ1) is 26.8. The van der Waals surface area contributed by atoms with Crippen LogP contribution in [0, 0.1) is 6.92 Å². The molecule has 4 rings (SSSR count). The molecule has 1 amide bonds. The summed E-state index contributed by atoms with van der Waals surface area (Å²) in [4.78, 5) is 17.8. The topological polar surface area (TPSA) is 45.2 Å². The fourth-order valence-electron chi connectivity index (χ4n) is 5.56. The van der Waals surface area contributed by atoms with Gasteiger partial charge >= 0.3 is 18.4 Å². The molecule has 3 fully saturated rings.